The molecule has 1 amide bonds. The van der Waals surface area contributed by atoms with E-state index >= 15 is 0 Å². The maximum absolute atomic E-state index is 11.3. The van der Waals surface area contributed by atoms with Crippen LogP contribution in [-0.4, -0.2) is 57.9 Å². The highest BCUT2D eigenvalue weighted by Gasteiger charge is 2.62. The summed E-state index contributed by atoms with van der Waals surface area (Å²) in [5.74, 6) is 2.01. The number of hydrogen-bond acceptors (Lipinski definition) is 6. The zero-order chi connectivity index (χ0) is 17.4. The van der Waals surface area contributed by atoms with Crippen LogP contribution in [0.1, 0.15) is 32.3 Å². The number of carbonyl (C=O) groups excluding carboxylic acids is 1. The van der Waals surface area contributed by atoms with Crippen LogP contribution in [0.5, 0.6) is 0 Å². The average Bonchev–Trinajstić information content (AvgIpc) is 3.22. The van der Waals surface area contributed by atoms with E-state index in [9.17, 15) is 4.79 Å². The summed E-state index contributed by atoms with van der Waals surface area (Å²) in [7, 11) is 0. The van der Waals surface area contributed by atoms with Crippen molar-refractivity contribution in [3.63, 3.8) is 0 Å². The molecule has 25 heavy (non-hydrogen) atoms. The van der Waals surface area contributed by atoms with Crippen LogP contribution < -0.4 is 5.32 Å². The monoisotopic (exact) mass is 362 g/mol. The third-order valence-corrected chi connectivity index (χ3v) is 6.56. The van der Waals surface area contributed by atoms with Crippen molar-refractivity contribution in [2.75, 3.05) is 25.4 Å². The molecule has 4 rings (SSSR count). The molecule has 1 spiro atoms. The second-order valence-electron chi connectivity index (χ2n) is 7.44. The fourth-order valence-corrected chi connectivity index (χ4v) is 5.34. The molecule has 7 heteroatoms. The van der Waals surface area contributed by atoms with E-state index in [-0.39, 0.29) is 11.5 Å². The Hall–Kier alpha value is -1.18. The second kappa shape index (κ2) is 6.85. The van der Waals surface area contributed by atoms with Gasteiger partial charge in [0.2, 0.25) is 5.91 Å². The first-order valence-corrected chi connectivity index (χ1v) is 10.2. The van der Waals surface area contributed by atoms with E-state index in [1.807, 2.05) is 12.4 Å². The van der Waals surface area contributed by atoms with Gasteiger partial charge in [-0.1, -0.05) is 18.7 Å². The molecule has 0 unspecified atom stereocenters. The summed E-state index contributed by atoms with van der Waals surface area (Å²) < 4.78 is 6.42. The summed E-state index contributed by atoms with van der Waals surface area (Å²) in [5.41, 5.74) is 1.16. The Balaban J connectivity index is 1.40. The van der Waals surface area contributed by atoms with Gasteiger partial charge in [-0.05, 0) is 18.6 Å². The van der Waals surface area contributed by atoms with Gasteiger partial charge in [-0.15, -0.1) is 0 Å². The molecule has 1 aromatic rings. The number of carbonyl (C=O) groups is 1. The number of likely N-dealkylation sites (tertiary alicyclic amines) is 1. The summed E-state index contributed by atoms with van der Waals surface area (Å²) in [6.07, 6.45) is 6.50. The molecule has 4 heterocycles. The first kappa shape index (κ1) is 17.2. The second-order valence-corrected chi connectivity index (χ2v) is 8.67. The molecule has 4 atom stereocenters. The Morgan fingerprint density at radius 2 is 2.28 bits per heavy atom. The minimum Gasteiger partial charge on any atom is -0.370 e. The Kier molecular flexibility index (Phi) is 4.73. The van der Waals surface area contributed by atoms with Crippen LogP contribution in [0, 0.1) is 11.8 Å². The summed E-state index contributed by atoms with van der Waals surface area (Å²) in [6.45, 7) is 7.33. The van der Waals surface area contributed by atoms with E-state index in [1.54, 1.807) is 18.7 Å². The number of thioether (sulfide) groups is 1. The number of fused-ring (bicyclic) bond motifs is 1. The molecule has 6 nitrogen and oxygen atoms in total. The summed E-state index contributed by atoms with van der Waals surface area (Å²) in [6, 6.07) is 0. The number of amides is 1. The minimum atomic E-state index is 0.00661. The number of ether oxygens (including phenoxy) is 1. The van der Waals surface area contributed by atoms with E-state index in [0.29, 0.717) is 17.9 Å². The van der Waals surface area contributed by atoms with Crippen LogP contribution in [0.4, 0.5) is 0 Å². The molecule has 0 radical (unpaired) electrons. The van der Waals surface area contributed by atoms with E-state index in [2.05, 4.69) is 27.1 Å². The molecule has 1 aromatic heterocycles. The van der Waals surface area contributed by atoms with Gasteiger partial charge in [-0.25, -0.2) is 9.97 Å². The van der Waals surface area contributed by atoms with Crippen LogP contribution in [-0.2, 0) is 16.1 Å². The predicted molar refractivity (Wildman–Crippen MR) is 96.2 cm³/mol. The number of nitrogens with zero attached hydrogens (tertiary/aromatic N) is 3. The Labute approximate surface area is 153 Å². The van der Waals surface area contributed by atoms with Crippen molar-refractivity contribution in [3.05, 3.63) is 18.0 Å². The van der Waals surface area contributed by atoms with Crippen molar-refractivity contribution in [2.24, 2.45) is 11.8 Å². The fraction of sp³-hybridized carbons (Fsp3) is 0.722. The van der Waals surface area contributed by atoms with Crippen LogP contribution in [0.15, 0.2) is 17.6 Å². The molecule has 3 saturated heterocycles. The van der Waals surface area contributed by atoms with Crippen LogP contribution in [0.2, 0.25) is 0 Å². The molecule has 1 N–H and O–H groups in total. The van der Waals surface area contributed by atoms with Crippen LogP contribution in [0.25, 0.3) is 0 Å². The normalized spacial score (nSPS) is 33.6. The Morgan fingerprint density at radius 1 is 1.48 bits per heavy atom. The quantitative estimate of drug-likeness (QED) is 0.614. The first-order valence-electron chi connectivity index (χ1n) is 9.18. The lowest BCUT2D eigenvalue weighted by Gasteiger charge is -2.29. The predicted octanol–water partition coefficient (Wildman–Crippen LogP) is 1.70. The number of nitrogens with one attached hydrogen (secondary N) is 1. The van der Waals surface area contributed by atoms with E-state index < -0.39 is 0 Å². The zero-order valence-electron chi connectivity index (χ0n) is 14.9. The van der Waals surface area contributed by atoms with Gasteiger partial charge >= 0.3 is 0 Å². The van der Waals surface area contributed by atoms with E-state index in [0.717, 1.165) is 55.5 Å². The van der Waals surface area contributed by atoms with Gasteiger partial charge in [0.15, 0.2) is 5.16 Å². The zero-order valence-corrected chi connectivity index (χ0v) is 15.7. The van der Waals surface area contributed by atoms with Crippen molar-refractivity contribution in [2.45, 2.75) is 50.1 Å². The van der Waals surface area contributed by atoms with Gasteiger partial charge in [0.05, 0.1) is 11.7 Å². The highest BCUT2D eigenvalue weighted by atomic mass is 32.2. The molecular formula is C18H26N4O2S. The maximum atomic E-state index is 11.3. The van der Waals surface area contributed by atoms with Crippen molar-refractivity contribution in [3.8, 4) is 0 Å². The van der Waals surface area contributed by atoms with Gasteiger partial charge in [0.1, 0.15) is 0 Å². The third kappa shape index (κ3) is 3.29. The molecule has 0 saturated carbocycles. The number of aromatic nitrogens is 2. The SMILES string of the molecule is CCSc1ncc(CN2C[C@@H]3[C@H](CNC(C)=O)[C@H]4CC[C@]3(C2)O4)cn1. The van der Waals surface area contributed by atoms with Crippen molar-refractivity contribution in [1.29, 1.82) is 0 Å². The molecule has 3 aliphatic heterocycles. The molecule has 3 fully saturated rings. The van der Waals surface area contributed by atoms with Crippen molar-refractivity contribution >= 4 is 17.7 Å². The topological polar surface area (TPSA) is 67.4 Å². The van der Waals surface area contributed by atoms with Crippen molar-refractivity contribution in [1.82, 2.24) is 20.2 Å². The van der Waals surface area contributed by atoms with Gasteiger partial charge in [0.25, 0.3) is 0 Å². The lowest BCUT2D eigenvalue weighted by atomic mass is 9.73. The largest absolute Gasteiger partial charge is 0.370 e. The van der Waals surface area contributed by atoms with Gasteiger partial charge in [-0.3, -0.25) is 9.69 Å². The van der Waals surface area contributed by atoms with Crippen LogP contribution in [0.3, 0.4) is 0 Å². The molecule has 0 aromatic carbocycles. The van der Waals surface area contributed by atoms with E-state index in [1.165, 1.54) is 0 Å². The standard InChI is InChI=1S/C18H26N4O2S/c1-3-25-17-20-6-13(7-21-17)9-22-10-15-14(8-19-12(2)23)16-4-5-18(15,11-22)24-16/h6-7,14-16H,3-5,8-11H2,1-2H3,(H,19,23)/t14-,15+,16+,18+/m0/s1. The Morgan fingerprint density at radius 3 is 3.00 bits per heavy atom. The number of rotatable bonds is 6. The fourth-order valence-electron chi connectivity index (χ4n) is 4.83. The lowest BCUT2D eigenvalue weighted by Crippen LogP contribution is -2.41. The first-order chi connectivity index (χ1) is 12.1. The highest BCUT2D eigenvalue weighted by Crippen LogP contribution is 2.54. The third-order valence-electron chi connectivity index (χ3n) is 5.80. The van der Waals surface area contributed by atoms with Crippen molar-refractivity contribution < 1.29 is 9.53 Å². The van der Waals surface area contributed by atoms with Gasteiger partial charge in [-0.2, -0.15) is 0 Å². The summed E-state index contributed by atoms with van der Waals surface area (Å²) in [5, 5.41) is 3.85. The lowest BCUT2D eigenvalue weighted by molar-refractivity contribution is -0.119. The smallest absolute Gasteiger partial charge is 0.216 e. The molecule has 2 bridgehead atoms. The number of hydrogen-bond donors (Lipinski definition) is 1. The highest BCUT2D eigenvalue weighted by molar-refractivity contribution is 7.99. The molecule has 0 aliphatic carbocycles. The van der Waals surface area contributed by atoms with Gasteiger partial charge < -0.3 is 10.1 Å². The van der Waals surface area contributed by atoms with E-state index in [4.69, 9.17) is 4.74 Å². The molecule has 3 aliphatic rings. The minimum absolute atomic E-state index is 0.00661. The average molecular weight is 362 g/mol. The summed E-state index contributed by atoms with van der Waals surface area (Å²) in [4.78, 5) is 22.6. The van der Waals surface area contributed by atoms with Gasteiger partial charge in [0, 0.05) is 62.9 Å². The maximum Gasteiger partial charge on any atom is 0.216 e. The Bertz CT molecular complexity index is 640. The van der Waals surface area contributed by atoms with Crippen LogP contribution >= 0.6 is 11.8 Å². The molecule has 136 valence electrons. The molecular weight excluding hydrogens is 336 g/mol. The summed E-state index contributed by atoms with van der Waals surface area (Å²) >= 11 is 1.67.